The van der Waals surface area contributed by atoms with Gasteiger partial charge in [0.15, 0.2) is 0 Å². The van der Waals surface area contributed by atoms with E-state index in [0.29, 0.717) is 5.92 Å². The molecule has 12 heavy (non-hydrogen) atoms. The van der Waals surface area contributed by atoms with E-state index >= 15 is 0 Å². The summed E-state index contributed by atoms with van der Waals surface area (Å²) in [5.74, 6) is 0.768. The number of thiocarbonyl (C=S) groups is 1. The Morgan fingerprint density at radius 2 is 2.00 bits per heavy atom. The molecule has 0 bridgehead atoms. The van der Waals surface area contributed by atoms with Crippen molar-refractivity contribution in [1.29, 1.82) is 0 Å². The van der Waals surface area contributed by atoms with E-state index in [4.69, 9.17) is 12.2 Å². The van der Waals surface area contributed by atoms with Gasteiger partial charge in [0, 0.05) is 10.1 Å². The zero-order valence-electron chi connectivity index (χ0n) is 8.09. The minimum atomic E-state index is 0.134. The van der Waals surface area contributed by atoms with Crippen LogP contribution in [0.4, 0.5) is 0 Å². The first-order chi connectivity index (χ1) is 5.49. The average Bonchev–Trinajstić information content (AvgIpc) is 2.02. The first-order valence-corrected chi connectivity index (χ1v) is 5.69. The highest BCUT2D eigenvalue weighted by Gasteiger charge is 2.17. The lowest BCUT2D eigenvalue weighted by Crippen LogP contribution is -2.17. The van der Waals surface area contributed by atoms with Gasteiger partial charge in [-0.3, -0.25) is 4.79 Å². The molecule has 0 aromatic carbocycles. The molecule has 0 saturated heterocycles. The van der Waals surface area contributed by atoms with Gasteiger partial charge in [0.05, 0.1) is 0 Å². The third-order valence-corrected chi connectivity index (χ3v) is 3.50. The van der Waals surface area contributed by atoms with Crippen LogP contribution in [0, 0.1) is 11.8 Å². The fourth-order valence-corrected chi connectivity index (χ4v) is 1.62. The molecule has 0 rings (SSSR count). The molecular weight excluding hydrogens is 188 g/mol. The van der Waals surface area contributed by atoms with Crippen LogP contribution in [0.25, 0.3) is 0 Å². The quantitative estimate of drug-likeness (QED) is 0.655. The number of hydrogen-bond donors (Lipinski definition) is 0. The maximum atomic E-state index is 11.0. The third kappa shape index (κ3) is 4.21. The Kier molecular flexibility index (Phi) is 5.76. The molecule has 0 amide bonds. The number of carbonyl (C=O) groups is 1. The number of Topliss-reactive ketones (excluding diaryl/α,β-unsaturated/α-hetero) is 1. The average molecular weight is 204 g/mol. The smallest absolute Gasteiger partial charge is 0.132 e. The molecule has 0 aromatic heterocycles. The molecular formula is C9H16OS2. The molecule has 1 nitrogen and oxygen atoms in total. The van der Waals surface area contributed by atoms with Crippen LogP contribution in [0.2, 0.25) is 0 Å². The molecule has 0 aliphatic carbocycles. The van der Waals surface area contributed by atoms with Gasteiger partial charge in [-0.2, -0.15) is 0 Å². The fraction of sp³-hybridized carbons (Fsp3) is 0.778. The van der Waals surface area contributed by atoms with E-state index in [9.17, 15) is 4.79 Å². The minimum Gasteiger partial charge on any atom is -0.300 e. The molecule has 0 heterocycles. The van der Waals surface area contributed by atoms with Gasteiger partial charge in [-0.1, -0.05) is 26.1 Å². The molecule has 0 saturated carbocycles. The van der Waals surface area contributed by atoms with Gasteiger partial charge in [0.1, 0.15) is 5.78 Å². The second-order valence-electron chi connectivity index (χ2n) is 3.16. The van der Waals surface area contributed by atoms with Crippen molar-refractivity contribution in [3.8, 4) is 0 Å². The van der Waals surface area contributed by atoms with Gasteiger partial charge < -0.3 is 0 Å². The van der Waals surface area contributed by atoms with E-state index in [1.807, 2.05) is 13.2 Å². The second kappa shape index (κ2) is 5.70. The second-order valence-corrected chi connectivity index (χ2v) is 4.81. The van der Waals surface area contributed by atoms with Gasteiger partial charge in [0.25, 0.3) is 0 Å². The van der Waals surface area contributed by atoms with Gasteiger partial charge >= 0.3 is 0 Å². The van der Waals surface area contributed by atoms with E-state index in [2.05, 4.69) is 6.92 Å². The summed E-state index contributed by atoms with van der Waals surface area (Å²) in [6, 6.07) is 0. The van der Waals surface area contributed by atoms with Gasteiger partial charge in [-0.05, 0) is 25.5 Å². The van der Waals surface area contributed by atoms with Crippen LogP contribution in [0.3, 0.4) is 0 Å². The van der Waals surface area contributed by atoms with Crippen LogP contribution in [-0.2, 0) is 4.79 Å². The number of thioether (sulfide) groups is 1. The zero-order chi connectivity index (χ0) is 9.72. The van der Waals surface area contributed by atoms with Crippen molar-refractivity contribution in [3.63, 3.8) is 0 Å². The first-order valence-electron chi connectivity index (χ1n) is 4.06. The van der Waals surface area contributed by atoms with Crippen molar-refractivity contribution < 1.29 is 4.79 Å². The molecule has 70 valence electrons. The van der Waals surface area contributed by atoms with Crippen LogP contribution in [0.5, 0.6) is 0 Å². The minimum absolute atomic E-state index is 0.134. The summed E-state index contributed by atoms with van der Waals surface area (Å²) in [5.41, 5.74) is 0. The maximum absolute atomic E-state index is 11.0. The normalized spacial score (nSPS) is 15.3. The summed E-state index contributed by atoms with van der Waals surface area (Å²) in [6.07, 6.45) is 2.85. The molecule has 0 aromatic rings. The Balaban J connectivity index is 3.94. The van der Waals surface area contributed by atoms with Crippen LogP contribution in [0.1, 0.15) is 27.2 Å². The molecule has 3 heteroatoms. The number of carbonyl (C=O) groups excluding carboxylic acids is 1. The van der Waals surface area contributed by atoms with Crippen molar-refractivity contribution in [3.05, 3.63) is 0 Å². The lowest BCUT2D eigenvalue weighted by Gasteiger charge is -2.16. The highest BCUT2D eigenvalue weighted by Crippen LogP contribution is 2.19. The summed E-state index contributed by atoms with van der Waals surface area (Å²) >= 11 is 6.69. The number of rotatable bonds is 4. The van der Waals surface area contributed by atoms with Crippen molar-refractivity contribution in [2.24, 2.45) is 11.8 Å². The Bertz CT molecular complexity index is 177. The summed E-state index contributed by atoms with van der Waals surface area (Å²) in [6.45, 7) is 5.69. The predicted molar refractivity (Wildman–Crippen MR) is 59.7 cm³/mol. The number of hydrogen-bond acceptors (Lipinski definition) is 3. The number of ketones is 1. The maximum Gasteiger partial charge on any atom is 0.132 e. The summed E-state index contributed by atoms with van der Waals surface area (Å²) < 4.78 is 0.996. The molecule has 0 spiro atoms. The lowest BCUT2D eigenvalue weighted by atomic mass is 9.91. The third-order valence-electron chi connectivity index (χ3n) is 2.21. The van der Waals surface area contributed by atoms with Crippen LogP contribution in [-0.4, -0.2) is 16.2 Å². The largest absolute Gasteiger partial charge is 0.300 e. The summed E-state index contributed by atoms with van der Waals surface area (Å²) in [5, 5.41) is 0. The van der Waals surface area contributed by atoms with Crippen molar-refractivity contribution in [1.82, 2.24) is 0 Å². The van der Waals surface area contributed by atoms with Gasteiger partial charge in [-0.15, -0.1) is 11.8 Å². The van der Waals surface area contributed by atoms with E-state index in [1.54, 1.807) is 18.7 Å². The van der Waals surface area contributed by atoms with Crippen LogP contribution < -0.4 is 0 Å². The Morgan fingerprint density at radius 3 is 2.33 bits per heavy atom. The highest BCUT2D eigenvalue weighted by atomic mass is 32.2. The molecule has 0 N–H and O–H groups in total. The van der Waals surface area contributed by atoms with E-state index in [0.717, 1.165) is 10.6 Å². The van der Waals surface area contributed by atoms with E-state index < -0.39 is 0 Å². The highest BCUT2D eigenvalue weighted by molar-refractivity contribution is 8.22. The molecule has 0 radical (unpaired) electrons. The van der Waals surface area contributed by atoms with Crippen molar-refractivity contribution >= 4 is 34.0 Å². The van der Waals surface area contributed by atoms with E-state index in [1.165, 1.54) is 0 Å². The first kappa shape index (κ1) is 12.1. The molecule has 2 atom stereocenters. The van der Waals surface area contributed by atoms with E-state index in [-0.39, 0.29) is 11.7 Å². The molecule has 0 unspecified atom stereocenters. The SMILES string of the molecule is CSC(=S)C[C@@H](C)[C@H](C)C(C)=O. The summed E-state index contributed by atoms with van der Waals surface area (Å²) in [7, 11) is 0. The Hall–Kier alpha value is 0.110. The van der Waals surface area contributed by atoms with Crippen molar-refractivity contribution in [2.45, 2.75) is 27.2 Å². The monoisotopic (exact) mass is 204 g/mol. The Labute approximate surface area is 84.3 Å². The van der Waals surface area contributed by atoms with Crippen LogP contribution >= 0.6 is 24.0 Å². The summed E-state index contributed by atoms with van der Waals surface area (Å²) in [4.78, 5) is 11.0. The zero-order valence-corrected chi connectivity index (χ0v) is 9.72. The molecule has 0 aliphatic rings. The Morgan fingerprint density at radius 1 is 1.50 bits per heavy atom. The topological polar surface area (TPSA) is 17.1 Å². The van der Waals surface area contributed by atoms with Crippen molar-refractivity contribution in [2.75, 3.05) is 6.26 Å². The standard InChI is InChI=1S/C9H16OS2/c1-6(5-9(11)12-4)7(2)8(3)10/h6-7H,5H2,1-4H3/t6-,7+/m1/s1. The lowest BCUT2D eigenvalue weighted by molar-refractivity contribution is -0.121. The van der Waals surface area contributed by atoms with Crippen LogP contribution in [0.15, 0.2) is 0 Å². The van der Waals surface area contributed by atoms with Gasteiger partial charge in [0.2, 0.25) is 0 Å². The molecule has 0 aliphatic heterocycles. The van der Waals surface area contributed by atoms with Gasteiger partial charge in [-0.25, -0.2) is 0 Å². The molecule has 0 fully saturated rings. The predicted octanol–water partition coefficient (Wildman–Crippen LogP) is 2.93. The fourth-order valence-electron chi connectivity index (χ4n) is 0.924.